The van der Waals surface area contributed by atoms with Gasteiger partial charge in [-0.15, -0.1) is 30.4 Å². The van der Waals surface area contributed by atoms with Gasteiger partial charge in [-0.2, -0.15) is 0 Å². The second kappa shape index (κ2) is 9.84. The van der Waals surface area contributed by atoms with E-state index < -0.39 is 0 Å². The number of halogens is 2. The molecular weight excluding hydrogens is 408 g/mol. The fraction of sp³-hybridized carbons (Fsp3) is 0.250. The monoisotopic (exact) mass is 427 g/mol. The Morgan fingerprint density at radius 3 is 2.87 bits per heavy atom. The summed E-state index contributed by atoms with van der Waals surface area (Å²) in [6.45, 7) is 3.44. The van der Waals surface area contributed by atoms with Crippen LogP contribution in [0.4, 0.5) is 4.39 Å². The van der Waals surface area contributed by atoms with E-state index in [0.717, 1.165) is 12.1 Å². The van der Waals surface area contributed by atoms with Crippen LogP contribution >= 0.6 is 24.0 Å². The van der Waals surface area contributed by atoms with E-state index in [9.17, 15) is 4.39 Å². The van der Waals surface area contributed by atoms with Gasteiger partial charge in [0.1, 0.15) is 5.82 Å². The van der Waals surface area contributed by atoms with Gasteiger partial charge in [-0.05, 0) is 24.6 Å². The van der Waals surface area contributed by atoms with E-state index in [1.54, 1.807) is 29.4 Å². The summed E-state index contributed by atoms with van der Waals surface area (Å²) in [5.41, 5.74) is 1.24. The Hall–Kier alpha value is -2.08. The smallest absolute Gasteiger partial charge is 0.192 e. The van der Waals surface area contributed by atoms with E-state index in [4.69, 9.17) is 6.42 Å². The average Bonchev–Trinajstić information content (AvgIpc) is 3.04. The zero-order valence-electron chi connectivity index (χ0n) is 12.8. The van der Waals surface area contributed by atoms with Gasteiger partial charge in [0.15, 0.2) is 5.96 Å². The van der Waals surface area contributed by atoms with Crippen molar-refractivity contribution in [3.05, 3.63) is 48.3 Å². The molecule has 0 bridgehead atoms. The third kappa shape index (κ3) is 5.56. The lowest BCUT2D eigenvalue weighted by molar-refractivity contribution is 0.615. The van der Waals surface area contributed by atoms with Gasteiger partial charge in [-0.1, -0.05) is 12.0 Å². The van der Waals surface area contributed by atoms with Crippen LogP contribution in [-0.4, -0.2) is 28.6 Å². The van der Waals surface area contributed by atoms with Crippen molar-refractivity contribution in [1.82, 2.24) is 20.2 Å². The Balaban J connectivity index is 0.00000264. The van der Waals surface area contributed by atoms with E-state index in [1.165, 1.54) is 6.07 Å². The third-order valence-electron chi connectivity index (χ3n) is 2.92. The predicted molar refractivity (Wildman–Crippen MR) is 101 cm³/mol. The van der Waals surface area contributed by atoms with Crippen LogP contribution in [0.25, 0.3) is 5.69 Å². The van der Waals surface area contributed by atoms with Crippen molar-refractivity contribution < 1.29 is 4.39 Å². The number of aliphatic imine (C=N–C) groups is 1. The molecule has 1 heterocycles. The standard InChI is InChI=1S/C16H18FN5.HI/c1-3-7-20-16(19-4-2)21-11-13-5-6-15(14(17)10-13)22-9-8-18-12-22;/h1,5-6,8-10,12H,4,7,11H2,2H3,(H2,19,20,21);1H. The van der Waals surface area contributed by atoms with Crippen LogP contribution in [0.2, 0.25) is 0 Å². The van der Waals surface area contributed by atoms with E-state index >= 15 is 0 Å². The van der Waals surface area contributed by atoms with E-state index in [1.807, 2.05) is 13.0 Å². The molecule has 23 heavy (non-hydrogen) atoms. The maximum absolute atomic E-state index is 14.1. The molecule has 2 aromatic rings. The first-order chi connectivity index (χ1) is 10.7. The average molecular weight is 427 g/mol. The number of terminal acetylenes is 1. The lowest BCUT2D eigenvalue weighted by atomic mass is 10.2. The largest absolute Gasteiger partial charge is 0.357 e. The van der Waals surface area contributed by atoms with Crippen LogP contribution in [0.1, 0.15) is 12.5 Å². The van der Waals surface area contributed by atoms with Crippen molar-refractivity contribution in [2.24, 2.45) is 4.99 Å². The van der Waals surface area contributed by atoms with Crippen molar-refractivity contribution in [3.63, 3.8) is 0 Å². The number of aromatic nitrogens is 2. The van der Waals surface area contributed by atoms with Crippen molar-refractivity contribution in [1.29, 1.82) is 0 Å². The molecule has 2 rings (SSSR count). The van der Waals surface area contributed by atoms with E-state index in [-0.39, 0.29) is 29.8 Å². The maximum Gasteiger partial charge on any atom is 0.192 e. The fourth-order valence-corrected chi connectivity index (χ4v) is 1.91. The number of rotatable bonds is 5. The Morgan fingerprint density at radius 2 is 2.26 bits per heavy atom. The quantitative estimate of drug-likeness (QED) is 0.334. The number of nitrogens with zero attached hydrogens (tertiary/aromatic N) is 3. The molecule has 0 aliphatic heterocycles. The first kappa shape index (κ1) is 19.0. The van der Waals surface area contributed by atoms with Gasteiger partial charge in [0.05, 0.1) is 25.1 Å². The number of guanidine groups is 1. The molecule has 2 N–H and O–H groups in total. The molecule has 7 heteroatoms. The van der Waals surface area contributed by atoms with Gasteiger partial charge in [0, 0.05) is 18.9 Å². The van der Waals surface area contributed by atoms with E-state index in [0.29, 0.717) is 24.7 Å². The van der Waals surface area contributed by atoms with Crippen LogP contribution < -0.4 is 10.6 Å². The summed E-state index contributed by atoms with van der Waals surface area (Å²) < 4.78 is 15.8. The molecule has 1 aromatic heterocycles. The fourth-order valence-electron chi connectivity index (χ4n) is 1.91. The molecule has 0 fully saturated rings. The minimum Gasteiger partial charge on any atom is -0.357 e. The van der Waals surface area contributed by atoms with Crippen molar-refractivity contribution in [2.75, 3.05) is 13.1 Å². The summed E-state index contributed by atoms with van der Waals surface area (Å²) in [6.07, 6.45) is 10.1. The topological polar surface area (TPSA) is 54.2 Å². The van der Waals surface area contributed by atoms with Crippen molar-refractivity contribution >= 4 is 29.9 Å². The molecule has 0 aliphatic rings. The molecule has 0 radical (unpaired) electrons. The Bertz CT molecular complexity index is 676. The Kier molecular flexibility index (Phi) is 8.11. The highest BCUT2D eigenvalue weighted by atomic mass is 127. The predicted octanol–water partition coefficient (Wildman–Crippen LogP) is 2.32. The van der Waals surface area contributed by atoms with Crippen LogP contribution in [0.3, 0.4) is 0 Å². The number of hydrogen-bond acceptors (Lipinski definition) is 2. The molecule has 0 atom stereocenters. The first-order valence-corrected chi connectivity index (χ1v) is 6.97. The van der Waals surface area contributed by atoms with Crippen LogP contribution in [0.5, 0.6) is 0 Å². The molecule has 5 nitrogen and oxygen atoms in total. The molecule has 0 saturated carbocycles. The summed E-state index contributed by atoms with van der Waals surface area (Å²) in [5.74, 6) is 2.78. The normalized spacial score (nSPS) is 10.6. The van der Waals surface area contributed by atoms with Gasteiger partial charge in [0.25, 0.3) is 0 Å². The minimum absolute atomic E-state index is 0. The van der Waals surface area contributed by atoms with Crippen molar-refractivity contribution in [3.8, 4) is 18.0 Å². The highest BCUT2D eigenvalue weighted by molar-refractivity contribution is 14.0. The lowest BCUT2D eigenvalue weighted by Crippen LogP contribution is -2.37. The van der Waals surface area contributed by atoms with Gasteiger partial charge < -0.3 is 15.2 Å². The highest BCUT2D eigenvalue weighted by Crippen LogP contribution is 2.15. The van der Waals surface area contributed by atoms with Crippen molar-refractivity contribution in [2.45, 2.75) is 13.5 Å². The van der Waals surface area contributed by atoms with E-state index in [2.05, 4.69) is 26.5 Å². The maximum atomic E-state index is 14.1. The highest BCUT2D eigenvalue weighted by Gasteiger charge is 2.05. The van der Waals surface area contributed by atoms with Gasteiger partial charge in [-0.25, -0.2) is 14.4 Å². The van der Waals surface area contributed by atoms with Crippen LogP contribution in [-0.2, 0) is 6.54 Å². The summed E-state index contributed by atoms with van der Waals surface area (Å²) in [4.78, 5) is 8.28. The zero-order valence-corrected chi connectivity index (χ0v) is 15.1. The molecule has 1 aromatic carbocycles. The van der Waals surface area contributed by atoms with Crippen LogP contribution in [0, 0.1) is 18.2 Å². The molecule has 0 spiro atoms. The number of nitrogens with one attached hydrogen (secondary N) is 2. The molecule has 0 saturated heterocycles. The second-order valence-corrected chi connectivity index (χ2v) is 4.51. The van der Waals surface area contributed by atoms with Gasteiger partial charge >= 0.3 is 0 Å². The van der Waals surface area contributed by atoms with Crippen LogP contribution in [0.15, 0.2) is 41.9 Å². The summed E-state index contributed by atoms with van der Waals surface area (Å²) in [7, 11) is 0. The molecule has 122 valence electrons. The Labute approximate surface area is 152 Å². The first-order valence-electron chi connectivity index (χ1n) is 6.97. The second-order valence-electron chi connectivity index (χ2n) is 4.51. The SMILES string of the molecule is C#CCNC(=NCc1ccc(-n2ccnc2)c(F)c1)NCC.I. The summed E-state index contributed by atoms with van der Waals surface area (Å²) >= 11 is 0. The Morgan fingerprint density at radius 1 is 1.43 bits per heavy atom. The number of hydrogen-bond donors (Lipinski definition) is 2. The van der Waals surface area contributed by atoms with Gasteiger partial charge in [0.2, 0.25) is 0 Å². The number of imidazole rings is 1. The number of benzene rings is 1. The molecule has 0 unspecified atom stereocenters. The third-order valence-corrected chi connectivity index (χ3v) is 2.92. The molecule has 0 amide bonds. The molecular formula is C16H19FIN5. The molecule has 0 aliphatic carbocycles. The minimum atomic E-state index is -0.313. The lowest BCUT2D eigenvalue weighted by Gasteiger charge is -2.09. The zero-order chi connectivity index (χ0) is 15.8. The summed E-state index contributed by atoms with van der Waals surface area (Å²) in [5, 5.41) is 6.06. The van der Waals surface area contributed by atoms with Gasteiger partial charge in [-0.3, -0.25) is 0 Å². The summed E-state index contributed by atoms with van der Waals surface area (Å²) in [6, 6.07) is 5.03.